The zero-order valence-electron chi connectivity index (χ0n) is 33.4. The Labute approximate surface area is 335 Å². The molecule has 0 radical (unpaired) electrons. The van der Waals surface area contributed by atoms with Crippen LogP contribution in [0.25, 0.3) is 0 Å². The zero-order chi connectivity index (χ0) is 40.6. The molecule has 0 aromatic heterocycles. The molecule has 0 aliphatic carbocycles. The molecule has 0 bridgehead atoms. The molecule has 11 nitrogen and oxygen atoms in total. The molecule has 3 aromatic rings. The third-order valence-electron chi connectivity index (χ3n) is 12.3. The average Bonchev–Trinajstić information content (AvgIpc) is 3.61. The van der Waals surface area contributed by atoms with Gasteiger partial charge in [-0.05, 0) is 105 Å². The Balaban J connectivity index is 1.28. The lowest BCUT2D eigenvalue weighted by Crippen LogP contribution is -2.49. The highest BCUT2D eigenvalue weighted by molar-refractivity contribution is 6.72. The van der Waals surface area contributed by atoms with Gasteiger partial charge in [0.15, 0.2) is 5.60 Å². The number of nitrogens with zero attached hydrogens (tertiary/aromatic N) is 3. The molecule has 7 rings (SSSR count). The SMILES string of the molecule is C=CCN1C(=O)[C@@]2(O[C@@H](CC(=O)N3Cc4ccccc4C[C@H]3CO)[C@H]([Si](C)(C)F)[C@H]2C)c2cc(N3C(=O)C(NCCCCO)Cc4cc(OCC)ccc43)ccc21. The summed E-state index contributed by atoms with van der Waals surface area (Å²) in [5, 5.41) is 23.1. The first kappa shape index (κ1) is 40.8. The first-order valence-electron chi connectivity index (χ1n) is 20.2. The van der Waals surface area contributed by atoms with Crippen LogP contribution in [0.1, 0.15) is 55.4 Å². The van der Waals surface area contributed by atoms with Gasteiger partial charge in [0.25, 0.3) is 5.91 Å². The second-order valence-electron chi connectivity index (χ2n) is 16.3. The quantitative estimate of drug-likeness (QED) is 0.0823. The highest BCUT2D eigenvalue weighted by atomic mass is 28.4. The fourth-order valence-corrected chi connectivity index (χ4v) is 12.2. The van der Waals surface area contributed by atoms with Gasteiger partial charge in [-0.3, -0.25) is 19.3 Å². The first-order chi connectivity index (χ1) is 27.4. The summed E-state index contributed by atoms with van der Waals surface area (Å²) >= 11 is 0. The topological polar surface area (TPSA) is 132 Å². The van der Waals surface area contributed by atoms with E-state index in [2.05, 4.69) is 11.9 Å². The number of fused-ring (bicyclic) bond motifs is 4. The zero-order valence-corrected chi connectivity index (χ0v) is 34.4. The molecule has 3 amide bonds. The second-order valence-corrected chi connectivity index (χ2v) is 20.0. The van der Waals surface area contributed by atoms with Crippen molar-refractivity contribution in [1.29, 1.82) is 0 Å². The van der Waals surface area contributed by atoms with Crippen LogP contribution >= 0.6 is 0 Å². The summed E-state index contributed by atoms with van der Waals surface area (Å²) in [6, 6.07) is 18.0. The van der Waals surface area contributed by atoms with Gasteiger partial charge in [0.05, 0.1) is 49.2 Å². The van der Waals surface area contributed by atoms with E-state index in [0.717, 1.165) is 16.7 Å². The monoisotopic (exact) mass is 798 g/mol. The molecule has 1 spiro atoms. The minimum atomic E-state index is -3.62. The Kier molecular flexibility index (Phi) is 11.8. The molecular formula is C44H55FN4O7Si. The van der Waals surface area contributed by atoms with Crippen molar-refractivity contribution in [3.63, 3.8) is 0 Å². The maximum absolute atomic E-state index is 16.7. The smallest absolute Gasteiger partial charge is 0.264 e. The average molecular weight is 799 g/mol. The number of aliphatic hydroxyl groups is 2. The molecule has 57 heavy (non-hydrogen) atoms. The third kappa shape index (κ3) is 7.33. The van der Waals surface area contributed by atoms with Crippen molar-refractivity contribution in [2.45, 2.75) is 94.9 Å². The first-order valence-corrected chi connectivity index (χ1v) is 23.2. The maximum atomic E-state index is 16.7. The summed E-state index contributed by atoms with van der Waals surface area (Å²) in [6.45, 7) is 12.3. The molecule has 4 aliphatic heterocycles. The molecule has 3 N–H and O–H groups in total. The number of ether oxygens (including phenoxy) is 2. The highest BCUT2D eigenvalue weighted by Gasteiger charge is 2.67. The Morgan fingerprint density at radius 1 is 1.05 bits per heavy atom. The Morgan fingerprint density at radius 3 is 2.51 bits per heavy atom. The second kappa shape index (κ2) is 16.5. The minimum absolute atomic E-state index is 0.0693. The van der Waals surface area contributed by atoms with E-state index in [1.165, 1.54) is 0 Å². The highest BCUT2D eigenvalue weighted by Crippen LogP contribution is 2.61. The van der Waals surface area contributed by atoms with Gasteiger partial charge < -0.3 is 38.9 Å². The van der Waals surface area contributed by atoms with Crippen LogP contribution in [0.5, 0.6) is 5.75 Å². The minimum Gasteiger partial charge on any atom is -0.494 e. The number of hydrogen-bond acceptors (Lipinski definition) is 8. The molecule has 13 heteroatoms. The molecule has 0 saturated carbocycles. The molecule has 4 aliphatic rings. The summed E-state index contributed by atoms with van der Waals surface area (Å²) in [6.07, 6.45) is 2.84. The number of anilines is 3. The normalized spacial score (nSPS) is 25.5. The molecule has 304 valence electrons. The van der Waals surface area contributed by atoms with Crippen LogP contribution in [0, 0.1) is 5.92 Å². The Bertz CT molecular complexity index is 2020. The predicted molar refractivity (Wildman–Crippen MR) is 220 cm³/mol. The Morgan fingerprint density at radius 2 is 1.81 bits per heavy atom. The van der Waals surface area contributed by atoms with Crippen molar-refractivity contribution in [2.75, 3.05) is 42.7 Å². The number of aliphatic hydroxyl groups excluding tert-OH is 2. The molecule has 1 fully saturated rings. The number of halogens is 1. The van der Waals surface area contributed by atoms with Crippen LogP contribution in [-0.4, -0.2) is 92.3 Å². The number of unbranched alkanes of at least 4 members (excludes halogenated alkanes) is 1. The molecule has 1 saturated heterocycles. The van der Waals surface area contributed by atoms with Gasteiger partial charge in [0, 0.05) is 42.4 Å². The Hall–Kier alpha value is -4.40. The number of benzene rings is 3. The third-order valence-corrected chi connectivity index (χ3v) is 14.8. The van der Waals surface area contributed by atoms with E-state index in [1.807, 2.05) is 74.5 Å². The van der Waals surface area contributed by atoms with Crippen LogP contribution in [0.4, 0.5) is 21.2 Å². The van der Waals surface area contributed by atoms with E-state index < -0.39 is 43.7 Å². The van der Waals surface area contributed by atoms with Gasteiger partial charge in [-0.2, -0.15) is 0 Å². The van der Waals surface area contributed by atoms with Crippen molar-refractivity contribution in [3.8, 4) is 5.75 Å². The number of hydrogen-bond donors (Lipinski definition) is 3. The van der Waals surface area contributed by atoms with Gasteiger partial charge >= 0.3 is 0 Å². The number of nitrogens with one attached hydrogen (secondary N) is 1. The van der Waals surface area contributed by atoms with E-state index in [-0.39, 0.29) is 43.9 Å². The van der Waals surface area contributed by atoms with E-state index in [4.69, 9.17) is 9.47 Å². The maximum Gasteiger partial charge on any atom is 0.264 e. The molecule has 4 heterocycles. The number of carbonyl (C=O) groups excluding carboxylic acids is 3. The molecule has 6 atom stereocenters. The van der Waals surface area contributed by atoms with Gasteiger partial charge in [-0.25, -0.2) is 0 Å². The van der Waals surface area contributed by atoms with E-state index in [9.17, 15) is 24.6 Å². The van der Waals surface area contributed by atoms with Crippen molar-refractivity contribution in [3.05, 3.63) is 95.6 Å². The number of amides is 3. The van der Waals surface area contributed by atoms with Crippen molar-refractivity contribution in [1.82, 2.24) is 10.2 Å². The van der Waals surface area contributed by atoms with Crippen LogP contribution in [0.15, 0.2) is 73.3 Å². The van der Waals surface area contributed by atoms with Gasteiger partial charge in [0.1, 0.15) is 5.75 Å². The molecule has 1 unspecified atom stereocenters. The fourth-order valence-electron chi connectivity index (χ4n) is 9.74. The summed E-state index contributed by atoms with van der Waals surface area (Å²) in [5.41, 5.74) is 2.97. The van der Waals surface area contributed by atoms with Gasteiger partial charge in [-0.1, -0.05) is 37.3 Å². The molecule has 3 aromatic carbocycles. The van der Waals surface area contributed by atoms with E-state index in [0.29, 0.717) is 73.8 Å². The summed E-state index contributed by atoms with van der Waals surface area (Å²) in [5.74, 6) is -0.746. The van der Waals surface area contributed by atoms with Crippen LogP contribution < -0.4 is 19.9 Å². The predicted octanol–water partition coefficient (Wildman–Crippen LogP) is 5.68. The van der Waals surface area contributed by atoms with Gasteiger partial charge in [-0.15, -0.1) is 6.58 Å². The standard InChI is InChI=1S/C44H55FN4O7Si/c1-6-19-47-38-16-14-32(49-37-17-15-34(55-7-2)22-31(37)23-36(42(49)53)46-18-10-11-20-50)24-35(38)44(43(47)54)28(3)41(57(4,5)45)39(56-44)25-40(52)48-26-30-13-9-8-12-29(30)21-33(48)27-51/h6,8-9,12-17,22,24,28,33,36,39,41,46,50-51H,1,7,10-11,18-21,23,25-27H2,2-5H3/t28-,33+,36?,39+,41-,44+/m1/s1. The lowest BCUT2D eigenvalue weighted by atomic mass is 9.82. The van der Waals surface area contributed by atoms with Crippen molar-refractivity contribution >= 4 is 43.2 Å². The van der Waals surface area contributed by atoms with Crippen molar-refractivity contribution < 1.29 is 38.2 Å². The lowest BCUT2D eigenvalue weighted by Gasteiger charge is -2.37. The van der Waals surface area contributed by atoms with E-state index >= 15 is 4.11 Å². The summed E-state index contributed by atoms with van der Waals surface area (Å²) < 4.78 is 29.5. The lowest BCUT2D eigenvalue weighted by molar-refractivity contribution is -0.150. The van der Waals surface area contributed by atoms with Crippen LogP contribution in [-0.2, 0) is 44.1 Å². The number of carbonyl (C=O) groups is 3. The molecular weight excluding hydrogens is 744 g/mol. The largest absolute Gasteiger partial charge is 0.494 e. The van der Waals surface area contributed by atoms with Crippen LogP contribution in [0.3, 0.4) is 0 Å². The summed E-state index contributed by atoms with van der Waals surface area (Å²) in [4.78, 5) is 48.6. The van der Waals surface area contributed by atoms with E-state index in [1.54, 1.807) is 33.9 Å². The number of rotatable bonds is 14. The van der Waals surface area contributed by atoms with Crippen LogP contribution in [0.2, 0.25) is 18.6 Å². The van der Waals surface area contributed by atoms with Gasteiger partial charge in [0.2, 0.25) is 20.2 Å². The fraction of sp³-hybridized carbons (Fsp3) is 0.477. The van der Waals surface area contributed by atoms with Crippen molar-refractivity contribution in [2.24, 2.45) is 5.92 Å². The summed E-state index contributed by atoms with van der Waals surface area (Å²) in [7, 11) is -3.62.